The lowest BCUT2D eigenvalue weighted by atomic mass is 10.1. The number of rotatable bonds is 5. The zero-order valence-electron chi connectivity index (χ0n) is 15.1. The van der Waals surface area contributed by atoms with Gasteiger partial charge in [0.15, 0.2) is 0 Å². The van der Waals surface area contributed by atoms with Gasteiger partial charge in [-0.25, -0.2) is 0 Å². The molecule has 0 bridgehead atoms. The molecule has 0 aliphatic carbocycles. The van der Waals surface area contributed by atoms with E-state index in [1.54, 1.807) is 4.90 Å². The molecule has 4 nitrogen and oxygen atoms in total. The van der Waals surface area contributed by atoms with Crippen molar-refractivity contribution in [3.05, 3.63) is 60.7 Å². The van der Waals surface area contributed by atoms with Gasteiger partial charge in [-0.3, -0.25) is 10.1 Å². The maximum atomic E-state index is 12.5. The molecule has 0 radical (unpaired) electrons. The lowest BCUT2D eigenvalue weighted by Gasteiger charge is -2.27. The van der Waals surface area contributed by atoms with Crippen molar-refractivity contribution < 1.29 is 9.53 Å². The minimum Gasteiger partial charge on any atom is -0.487 e. The second-order valence-corrected chi connectivity index (χ2v) is 9.34. The second-order valence-electron chi connectivity index (χ2n) is 7.02. The van der Waals surface area contributed by atoms with Crippen molar-refractivity contribution in [2.24, 2.45) is 0 Å². The van der Waals surface area contributed by atoms with E-state index >= 15 is 0 Å². The van der Waals surface area contributed by atoms with Gasteiger partial charge in [0.05, 0.1) is 18.8 Å². The van der Waals surface area contributed by atoms with Gasteiger partial charge in [-0.1, -0.05) is 30.3 Å². The Morgan fingerprint density at radius 3 is 2.27 bits per heavy atom. The molecule has 0 aromatic heterocycles. The molecule has 1 amide bonds. The van der Waals surface area contributed by atoms with Crippen molar-refractivity contribution in [2.75, 3.05) is 7.05 Å². The molecule has 1 aliphatic heterocycles. The third-order valence-electron chi connectivity index (χ3n) is 4.72. The van der Waals surface area contributed by atoms with Crippen molar-refractivity contribution in [3.63, 3.8) is 0 Å². The summed E-state index contributed by atoms with van der Waals surface area (Å²) < 4.78 is 8.18. The van der Waals surface area contributed by atoms with Crippen LogP contribution in [0.25, 0.3) is 0 Å². The summed E-state index contributed by atoms with van der Waals surface area (Å²) >= 11 is 4.62. The summed E-state index contributed by atoms with van der Waals surface area (Å²) in [4.78, 5) is 14.2. The normalized spacial score (nSPS) is 19.0. The maximum Gasteiger partial charge on any atom is 0.241 e. The number of benzene rings is 2. The SMILES string of the molecule is CN1C(=O)[C@H](Cc2cc(I)c(OCc3ccccc3)c(I)c2)NC1(C)C. The van der Waals surface area contributed by atoms with Gasteiger partial charge in [-0.2, -0.15) is 0 Å². The summed E-state index contributed by atoms with van der Waals surface area (Å²) in [7, 11) is 1.85. The van der Waals surface area contributed by atoms with E-state index in [0.29, 0.717) is 13.0 Å². The van der Waals surface area contributed by atoms with Crippen molar-refractivity contribution in [1.29, 1.82) is 0 Å². The molecule has 2 aromatic carbocycles. The molecule has 0 spiro atoms. The summed E-state index contributed by atoms with van der Waals surface area (Å²) in [5.74, 6) is 1.05. The van der Waals surface area contributed by atoms with E-state index in [4.69, 9.17) is 4.74 Å². The van der Waals surface area contributed by atoms with Crippen LogP contribution >= 0.6 is 45.2 Å². The van der Waals surface area contributed by atoms with E-state index < -0.39 is 0 Å². The Morgan fingerprint density at radius 1 is 1.12 bits per heavy atom. The number of nitrogens with one attached hydrogen (secondary N) is 1. The zero-order chi connectivity index (χ0) is 18.9. The second kappa shape index (κ2) is 8.02. The van der Waals surface area contributed by atoms with Crippen LogP contribution in [0.5, 0.6) is 5.75 Å². The lowest BCUT2D eigenvalue weighted by molar-refractivity contribution is -0.129. The molecule has 1 saturated heterocycles. The molecule has 2 aromatic rings. The molecule has 0 saturated carbocycles. The van der Waals surface area contributed by atoms with Gasteiger partial charge in [-0.15, -0.1) is 0 Å². The first-order valence-corrected chi connectivity index (χ1v) is 10.6. The molecule has 26 heavy (non-hydrogen) atoms. The summed E-state index contributed by atoms with van der Waals surface area (Å²) in [6.45, 7) is 4.60. The fourth-order valence-electron chi connectivity index (χ4n) is 3.07. The Balaban J connectivity index is 1.72. The number of hydrogen-bond acceptors (Lipinski definition) is 3. The van der Waals surface area contributed by atoms with Crippen LogP contribution in [-0.4, -0.2) is 29.6 Å². The largest absolute Gasteiger partial charge is 0.487 e. The van der Waals surface area contributed by atoms with E-state index in [9.17, 15) is 4.79 Å². The molecule has 1 N–H and O–H groups in total. The number of ether oxygens (including phenoxy) is 1. The van der Waals surface area contributed by atoms with Crippen molar-refractivity contribution in [2.45, 2.75) is 38.6 Å². The number of halogens is 2. The van der Waals surface area contributed by atoms with Crippen LogP contribution in [0.2, 0.25) is 0 Å². The summed E-state index contributed by atoms with van der Waals surface area (Å²) in [5, 5.41) is 3.42. The standard InChI is InChI=1S/C20H22I2N2O2/c1-20(2)23-17(19(25)24(20)3)11-14-9-15(21)18(16(22)10-14)26-12-13-7-5-4-6-8-13/h4-10,17,23H,11-12H2,1-3H3/t17-/m0/s1. The Kier molecular flexibility index (Phi) is 6.13. The van der Waals surface area contributed by atoms with Crippen molar-refractivity contribution in [3.8, 4) is 5.75 Å². The fraction of sp³-hybridized carbons (Fsp3) is 0.350. The van der Waals surface area contributed by atoms with E-state index in [-0.39, 0.29) is 17.6 Å². The van der Waals surface area contributed by atoms with Crippen LogP contribution in [0.1, 0.15) is 25.0 Å². The lowest BCUT2D eigenvalue weighted by Crippen LogP contribution is -2.45. The van der Waals surface area contributed by atoms with Crippen LogP contribution in [0.3, 0.4) is 0 Å². The molecule has 1 atom stereocenters. The summed E-state index contributed by atoms with van der Waals surface area (Å²) in [6, 6.07) is 14.2. The highest BCUT2D eigenvalue weighted by atomic mass is 127. The maximum absolute atomic E-state index is 12.5. The van der Waals surface area contributed by atoms with Crippen LogP contribution in [-0.2, 0) is 17.8 Å². The van der Waals surface area contributed by atoms with Crippen molar-refractivity contribution >= 4 is 51.1 Å². The highest BCUT2D eigenvalue weighted by molar-refractivity contribution is 14.1. The van der Waals surface area contributed by atoms with E-state index in [1.165, 1.54) is 0 Å². The highest BCUT2D eigenvalue weighted by Crippen LogP contribution is 2.31. The van der Waals surface area contributed by atoms with E-state index in [1.807, 2.05) is 39.1 Å². The van der Waals surface area contributed by atoms with Gasteiger partial charge in [0.25, 0.3) is 0 Å². The molecular formula is C20H22I2N2O2. The number of nitrogens with zero attached hydrogens (tertiary/aromatic N) is 1. The first-order chi connectivity index (χ1) is 12.3. The van der Waals surface area contributed by atoms with Crippen LogP contribution < -0.4 is 10.1 Å². The molecule has 1 aliphatic rings. The Morgan fingerprint density at radius 2 is 1.73 bits per heavy atom. The summed E-state index contributed by atoms with van der Waals surface area (Å²) in [6.07, 6.45) is 0.678. The molecule has 3 rings (SSSR count). The van der Waals surface area contributed by atoms with E-state index in [2.05, 4.69) is 74.8 Å². The highest BCUT2D eigenvalue weighted by Gasteiger charge is 2.41. The molecule has 1 heterocycles. The molecule has 6 heteroatoms. The van der Waals surface area contributed by atoms with Crippen LogP contribution in [0.15, 0.2) is 42.5 Å². The summed E-state index contributed by atoms with van der Waals surface area (Å²) in [5.41, 5.74) is 1.98. The van der Waals surface area contributed by atoms with Gasteiger partial charge in [0, 0.05) is 7.05 Å². The van der Waals surface area contributed by atoms with Gasteiger partial charge < -0.3 is 9.64 Å². The minimum atomic E-state index is -0.305. The van der Waals surface area contributed by atoms with Crippen molar-refractivity contribution in [1.82, 2.24) is 10.2 Å². The minimum absolute atomic E-state index is 0.143. The van der Waals surface area contributed by atoms with Crippen LogP contribution in [0, 0.1) is 7.14 Å². The molecular weight excluding hydrogens is 554 g/mol. The average molecular weight is 576 g/mol. The first-order valence-electron chi connectivity index (χ1n) is 8.48. The molecule has 138 valence electrons. The third-order valence-corrected chi connectivity index (χ3v) is 6.32. The monoisotopic (exact) mass is 576 g/mol. The fourth-order valence-corrected chi connectivity index (χ4v) is 5.27. The number of likely N-dealkylation sites (N-methyl/N-ethyl adjacent to an activating group) is 1. The topological polar surface area (TPSA) is 41.6 Å². The Labute approximate surface area is 182 Å². The number of carbonyl (C=O) groups is 1. The molecule has 0 unspecified atom stereocenters. The third kappa shape index (κ3) is 4.33. The predicted molar refractivity (Wildman–Crippen MR) is 120 cm³/mol. The van der Waals surface area contributed by atoms with Crippen LogP contribution in [0.4, 0.5) is 0 Å². The van der Waals surface area contributed by atoms with E-state index in [0.717, 1.165) is 24.0 Å². The number of hydrogen-bond donors (Lipinski definition) is 1. The smallest absolute Gasteiger partial charge is 0.241 e. The van der Waals surface area contributed by atoms with Gasteiger partial charge in [0.2, 0.25) is 5.91 Å². The Hall–Kier alpha value is -0.870. The molecule has 1 fully saturated rings. The first kappa shape index (κ1) is 19.9. The van der Waals surface area contributed by atoms with Gasteiger partial charge in [-0.05, 0) is 88.7 Å². The number of amides is 1. The Bertz CT molecular complexity index is 786. The zero-order valence-corrected chi connectivity index (χ0v) is 19.4. The van der Waals surface area contributed by atoms with Gasteiger partial charge in [0.1, 0.15) is 12.4 Å². The predicted octanol–water partition coefficient (Wildman–Crippen LogP) is 4.18. The quantitative estimate of drug-likeness (QED) is 0.544. The van der Waals surface area contributed by atoms with Gasteiger partial charge >= 0.3 is 0 Å². The average Bonchev–Trinajstić information content (AvgIpc) is 2.78. The number of carbonyl (C=O) groups excluding carboxylic acids is 1.